The number of rotatable bonds is 5. The highest BCUT2D eigenvalue weighted by molar-refractivity contribution is 7.70. The number of benzene rings is 4. The summed E-state index contributed by atoms with van der Waals surface area (Å²) in [5, 5.41) is 2.71. The fourth-order valence-corrected chi connectivity index (χ4v) is 7.49. The van der Waals surface area contributed by atoms with Gasteiger partial charge in [0.15, 0.2) is 0 Å². The second-order valence-electron chi connectivity index (χ2n) is 8.77. The van der Waals surface area contributed by atoms with E-state index in [9.17, 15) is 0 Å². The van der Waals surface area contributed by atoms with Crippen molar-refractivity contribution in [3.05, 3.63) is 132 Å². The van der Waals surface area contributed by atoms with Crippen LogP contribution in [-0.4, -0.2) is 23.2 Å². The molecule has 0 spiro atoms. The van der Waals surface area contributed by atoms with Crippen molar-refractivity contribution in [3.63, 3.8) is 0 Å². The molecule has 0 saturated heterocycles. The van der Waals surface area contributed by atoms with Crippen LogP contribution in [0.3, 0.4) is 0 Å². The van der Waals surface area contributed by atoms with E-state index >= 15 is 0 Å². The Bertz CT molecular complexity index is 1240. The van der Waals surface area contributed by atoms with Gasteiger partial charge in [-0.1, -0.05) is 115 Å². The molecule has 2 aliphatic rings. The smallest absolute Gasteiger partial charge is 0.202 e. The van der Waals surface area contributed by atoms with Crippen LogP contribution in [0.25, 0.3) is 0 Å². The molecule has 0 saturated carbocycles. The lowest BCUT2D eigenvalue weighted by atomic mass is 9.96. The molecule has 0 aliphatic carbocycles. The van der Waals surface area contributed by atoms with Crippen molar-refractivity contribution in [1.29, 1.82) is 0 Å². The van der Waals surface area contributed by atoms with Crippen LogP contribution in [0.1, 0.15) is 22.7 Å². The van der Waals surface area contributed by atoms with E-state index in [0.29, 0.717) is 6.61 Å². The number of nitrogens with zero attached hydrogens (tertiary/aromatic N) is 2. The predicted molar refractivity (Wildman–Crippen MR) is 141 cm³/mol. The molecule has 4 aromatic rings. The van der Waals surface area contributed by atoms with Gasteiger partial charge in [-0.05, 0) is 33.7 Å². The van der Waals surface area contributed by atoms with Crippen LogP contribution in [0.2, 0.25) is 0 Å². The van der Waals surface area contributed by atoms with Gasteiger partial charge < -0.3 is 4.74 Å². The number of hydrogen-bond acceptors (Lipinski definition) is 3. The van der Waals surface area contributed by atoms with Crippen molar-refractivity contribution in [3.8, 4) is 0 Å². The molecule has 2 atom stereocenters. The second-order valence-corrected chi connectivity index (χ2v) is 10.9. The lowest BCUT2D eigenvalue weighted by Crippen LogP contribution is -2.45. The van der Waals surface area contributed by atoms with Gasteiger partial charge in [0.2, 0.25) is 5.90 Å². The molecule has 0 unspecified atom stereocenters. The van der Waals surface area contributed by atoms with Gasteiger partial charge in [-0.15, -0.1) is 0 Å². The van der Waals surface area contributed by atoms with Crippen molar-refractivity contribution in [2.24, 2.45) is 4.99 Å². The van der Waals surface area contributed by atoms with Gasteiger partial charge in [0.1, 0.15) is 12.6 Å². The minimum Gasteiger partial charge on any atom is -0.477 e. The Kier molecular flexibility index (Phi) is 5.97. The maximum atomic E-state index is 6.35. The van der Waals surface area contributed by atoms with Gasteiger partial charge in [0, 0.05) is 14.6 Å². The summed E-state index contributed by atoms with van der Waals surface area (Å²) in [6.45, 7) is 1.49. The van der Waals surface area contributed by atoms with Crippen LogP contribution in [-0.2, 0) is 17.7 Å². The van der Waals surface area contributed by atoms with Crippen LogP contribution < -0.4 is 10.6 Å². The van der Waals surface area contributed by atoms with E-state index in [2.05, 4.69) is 120 Å². The Labute approximate surface area is 202 Å². The fourth-order valence-electron chi connectivity index (χ4n) is 4.94. The van der Waals surface area contributed by atoms with Gasteiger partial charge in [-0.3, -0.25) is 4.67 Å². The van der Waals surface area contributed by atoms with E-state index in [0.717, 1.165) is 18.9 Å². The molecular weight excluding hydrogens is 435 g/mol. The lowest BCUT2D eigenvalue weighted by molar-refractivity contribution is 0.272. The SMILES string of the molecule is c1ccc([C@@H]2COC([C@H]3Cc4ccccc4CN3P(c3ccccc3)c3ccccc3)=N2)cc1. The molecule has 4 aromatic carbocycles. The maximum Gasteiger partial charge on any atom is 0.202 e. The Morgan fingerprint density at radius 1 is 0.676 bits per heavy atom. The highest BCUT2D eigenvalue weighted by Gasteiger charge is 2.39. The van der Waals surface area contributed by atoms with Crippen LogP contribution in [0.15, 0.2) is 120 Å². The fraction of sp³-hybridized carbons (Fsp3) is 0.167. The number of fused-ring (bicyclic) bond motifs is 1. The summed E-state index contributed by atoms with van der Waals surface area (Å²) in [6, 6.07) is 41.4. The first-order valence-corrected chi connectivity index (χ1v) is 13.2. The zero-order valence-electron chi connectivity index (χ0n) is 19.0. The van der Waals surface area contributed by atoms with Crippen LogP contribution >= 0.6 is 8.07 Å². The Hall–Kier alpha value is -3.26. The highest BCUT2D eigenvalue weighted by atomic mass is 31.1. The van der Waals surface area contributed by atoms with E-state index < -0.39 is 8.07 Å². The summed E-state index contributed by atoms with van der Waals surface area (Å²) in [5.74, 6) is 0.878. The zero-order chi connectivity index (χ0) is 22.7. The molecule has 0 fully saturated rings. The molecule has 4 heteroatoms. The summed E-state index contributed by atoms with van der Waals surface area (Å²) >= 11 is 0. The van der Waals surface area contributed by atoms with E-state index in [1.165, 1.54) is 27.3 Å². The molecule has 0 radical (unpaired) electrons. The average molecular weight is 463 g/mol. The average Bonchev–Trinajstić information content (AvgIpc) is 3.41. The molecule has 6 rings (SSSR count). The lowest BCUT2D eigenvalue weighted by Gasteiger charge is -2.41. The Morgan fingerprint density at radius 2 is 1.24 bits per heavy atom. The summed E-state index contributed by atoms with van der Waals surface area (Å²) < 4.78 is 8.99. The Morgan fingerprint density at radius 3 is 1.88 bits per heavy atom. The van der Waals surface area contributed by atoms with Gasteiger partial charge in [0.05, 0.1) is 6.04 Å². The first-order valence-electron chi connectivity index (χ1n) is 11.9. The normalized spacial score (nSPS) is 20.0. The quantitative estimate of drug-likeness (QED) is 0.359. The number of ether oxygens (including phenoxy) is 1. The predicted octanol–water partition coefficient (Wildman–Crippen LogP) is 5.63. The number of aliphatic imine (C=N–C) groups is 1. The molecule has 0 amide bonds. The van der Waals surface area contributed by atoms with Crippen LogP contribution in [0.5, 0.6) is 0 Å². The third kappa shape index (κ3) is 4.18. The van der Waals surface area contributed by atoms with Gasteiger partial charge >= 0.3 is 0 Å². The molecule has 34 heavy (non-hydrogen) atoms. The summed E-state index contributed by atoms with van der Waals surface area (Å²) in [6.07, 6.45) is 0.912. The van der Waals surface area contributed by atoms with E-state index in [4.69, 9.17) is 9.73 Å². The van der Waals surface area contributed by atoms with E-state index in [1.807, 2.05) is 0 Å². The molecule has 0 bridgehead atoms. The first kappa shape index (κ1) is 21.3. The summed E-state index contributed by atoms with van der Waals surface area (Å²) in [4.78, 5) is 5.14. The van der Waals surface area contributed by atoms with Gasteiger partial charge in [0.25, 0.3) is 0 Å². The van der Waals surface area contributed by atoms with Crippen molar-refractivity contribution in [2.45, 2.75) is 25.0 Å². The molecule has 0 aromatic heterocycles. The minimum atomic E-state index is -0.745. The van der Waals surface area contributed by atoms with Crippen molar-refractivity contribution in [2.75, 3.05) is 6.61 Å². The molecule has 2 aliphatic heterocycles. The molecule has 3 nitrogen and oxygen atoms in total. The van der Waals surface area contributed by atoms with E-state index in [-0.39, 0.29) is 12.1 Å². The van der Waals surface area contributed by atoms with Gasteiger partial charge in [-0.2, -0.15) is 0 Å². The van der Waals surface area contributed by atoms with Crippen LogP contribution in [0, 0.1) is 0 Å². The highest BCUT2D eigenvalue weighted by Crippen LogP contribution is 2.45. The van der Waals surface area contributed by atoms with Crippen molar-refractivity contribution >= 4 is 24.6 Å². The standard InChI is InChI=1S/C30H27N2OP/c1-4-12-23(13-5-1)28-22-33-30(31-28)29-20-24-14-10-11-15-25(24)21-32(29)34(26-16-6-2-7-17-26)27-18-8-3-9-19-27/h1-19,28-29H,20-22H2/t28-,29+/m0/s1. The molecule has 2 heterocycles. The Balaban J connectivity index is 1.44. The van der Waals surface area contributed by atoms with Crippen molar-refractivity contribution in [1.82, 2.24) is 4.67 Å². The first-order chi connectivity index (χ1) is 16.9. The minimum absolute atomic E-state index is 0.0647. The molecule has 168 valence electrons. The largest absolute Gasteiger partial charge is 0.477 e. The third-order valence-corrected chi connectivity index (χ3v) is 9.13. The van der Waals surface area contributed by atoms with E-state index in [1.54, 1.807) is 0 Å². The number of hydrogen-bond donors (Lipinski definition) is 0. The molecular formula is C30H27N2OP. The van der Waals surface area contributed by atoms with Crippen LogP contribution in [0.4, 0.5) is 0 Å². The zero-order valence-corrected chi connectivity index (χ0v) is 19.9. The third-order valence-electron chi connectivity index (χ3n) is 6.62. The second kappa shape index (κ2) is 9.54. The van der Waals surface area contributed by atoms with Crippen molar-refractivity contribution < 1.29 is 4.74 Å². The topological polar surface area (TPSA) is 24.8 Å². The summed E-state index contributed by atoms with van der Waals surface area (Å²) in [5.41, 5.74) is 4.01. The maximum absolute atomic E-state index is 6.35. The monoisotopic (exact) mass is 462 g/mol. The van der Waals surface area contributed by atoms with Gasteiger partial charge in [-0.25, -0.2) is 4.99 Å². The molecule has 0 N–H and O–H groups in total. The summed E-state index contributed by atoms with van der Waals surface area (Å²) in [7, 11) is -0.745.